The van der Waals surface area contributed by atoms with Crippen molar-refractivity contribution in [1.82, 2.24) is 5.32 Å². The fraction of sp³-hybridized carbons (Fsp3) is 0.500. The molecular weight excluding hydrogens is 220 g/mol. The number of rotatable bonds is 5. The van der Waals surface area contributed by atoms with Gasteiger partial charge in [0.2, 0.25) is 0 Å². The molecule has 5 nitrogen and oxygen atoms in total. The first-order valence-corrected chi connectivity index (χ1v) is 5.40. The zero-order valence-corrected chi connectivity index (χ0v) is 10.6. The minimum absolute atomic E-state index is 0.00138. The van der Waals surface area contributed by atoms with E-state index in [4.69, 9.17) is 4.74 Å². The third-order valence-corrected chi connectivity index (χ3v) is 2.76. The van der Waals surface area contributed by atoms with E-state index in [1.807, 2.05) is 7.05 Å². The molecular formula is C12H18N2O3. The smallest absolute Gasteiger partial charge is 0.310 e. The normalized spacial score (nSPS) is 11.3. The monoisotopic (exact) mass is 238 g/mol. The average Bonchev–Trinajstić information content (AvgIpc) is 2.28. The topological polar surface area (TPSA) is 64.4 Å². The fourth-order valence-electron chi connectivity index (χ4n) is 1.58. The van der Waals surface area contributed by atoms with Crippen molar-refractivity contribution in [3.05, 3.63) is 33.9 Å². The standard InChI is InChI=1S/C12H18N2O3/c1-12(2,13-3)8-9-5-6-10(14(15)16)11(7-9)17-4/h5-7,13H,8H2,1-4H3. The van der Waals surface area contributed by atoms with Gasteiger partial charge in [-0.25, -0.2) is 0 Å². The number of nitrogens with one attached hydrogen (secondary N) is 1. The second-order valence-electron chi connectivity index (χ2n) is 4.57. The number of nitro groups is 1. The maximum absolute atomic E-state index is 10.7. The van der Waals surface area contributed by atoms with Crippen LogP contribution in [-0.4, -0.2) is 24.6 Å². The third kappa shape index (κ3) is 3.42. The van der Waals surface area contributed by atoms with Gasteiger partial charge in [0.15, 0.2) is 5.75 Å². The van der Waals surface area contributed by atoms with Gasteiger partial charge in [0, 0.05) is 11.6 Å². The van der Waals surface area contributed by atoms with Crippen LogP contribution in [0.3, 0.4) is 0 Å². The van der Waals surface area contributed by atoms with E-state index in [0.717, 1.165) is 12.0 Å². The molecule has 0 amide bonds. The molecule has 0 bridgehead atoms. The summed E-state index contributed by atoms with van der Waals surface area (Å²) < 4.78 is 5.03. The van der Waals surface area contributed by atoms with Crippen LogP contribution in [-0.2, 0) is 6.42 Å². The molecule has 0 spiro atoms. The number of ether oxygens (including phenoxy) is 1. The molecule has 0 radical (unpaired) electrons. The van der Waals surface area contributed by atoms with Gasteiger partial charge >= 0.3 is 5.69 Å². The Morgan fingerprint density at radius 1 is 1.47 bits per heavy atom. The summed E-state index contributed by atoms with van der Waals surface area (Å²) in [5.41, 5.74) is 0.951. The minimum atomic E-state index is -0.439. The van der Waals surface area contributed by atoms with Crippen molar-refractivity contribution in [2.75, 3.05) is 14.2 Å². The molecule has 0 saturated carbocycles. The lowest BCUT2D eigenvalue weighted by Gasteiger charge is -2.24. The lowest BCUT2D eigenvalue weighted by Crippen LogP contribution is -2.38. The zero-order valence-electron chi connectivity index (χ0n) is 10.6. The fourth-order valence-corrected chi connectivity index (χ4v) is 1.58. The zero-order chi connectivity index (χ0) is 13.1. The van der Waals surface area contributed by atoms with Crippen molar-refractivity contribution in [1.29, 1.82) is 0 Å². The number of methoxy groups -OCH3 is 1. The number of nitro benzene ring substituents is 1. The highest BCUT2D eigenvalue weighted by atomic mass is 16.6. The molecule has 5 heteroatoms. The van der Waals surface area contributed by atoms with Gasteiger partial charge in [-0.1, -0.05) is 6.07 Å². The van der Waals surface area contributed by atoms with Crippen LogP contribution >= 0.6 is 0 Å². The van der Waals surface area contributed by atoms with E-state index in [2.05, 4.69) is 19.2 Å². The summed E-state index contributed by atoms with van der Waals surface area (Å²) in [6, 6.07) is 4.97. The number of benzene rings is 1. The summed E-state index contributed by atoms with van der Waals surface area (Å²) in [6.07, 6.45) is 0.776. The summed E-state index contributed by atoms with van der Waals surface area (Å²) in [7, 11) is 3.33. The van der Waals surface area contributed by atoms with Gasteiger partial charge in [-0.15, -0.1) is 0 Å². The van der Waals surface area contributed by atoms with Crippen LogP contribution in [0.25, 0.3) is 0 Å². The molecule has 0 heterocycles. The van der Waals surface area contributed by atoms with Crippen molar-refractivity contribution >= 4 is 5.69 Å². The molecule has 0 aliphatic carbocycles. The second kappa shape index (κ2) is 5.14. The summed E-state index contributed by atoms with van der Waals surface area (Å²) in [5.74, 6) is 0.305. The van der Waals surface area contributed by atoms with Crippen molar-refractivity contribution < 1.29 is 9.66 Å². The van der Waals surface area contributed by atoms with Crippen LogP contribution in [0, 0.1) is 10.1 Å². The van der Waals surface area contributed by atoms with E-state index in [9.17, 15) is 10.1 Å². The van der Waals surface area contributed by atoms with Gasteiger partial charge in [0.1, 0.15) is 0 Å². The van der Waals surface area contributed by atoms with Crippen molar-refractivity contribution in [3.63, 3.8) is 0 Å². The molecule has 0 fully saturated rings. The number of nitrogens with zero attached hydrogens (tertiary/aromatic N) is 1. The molecule has 1 aromatic rings. The molecule has 0 aromatic heterocycles. The molecule has 1 aromatic carbocycles. The van der Waals surface area contributed by atoms with Crippen molar-refractivity contribution in [2.45, 2.75) is 25.8 Å². The van der Waals surface area contributed by atoms with Gasteiger partial charge in [0.05, 0.1) is 12.0 Å². The molecule has 0 atom stereocenters. The number of hydrogen-bond acceptors (Lipinski definition) is 4. The quantitative estimate of drug-likeness (QED) is 0.630. The molecule has 0 aliphatic rings. The Morgan fingerprint density at radius 2 is 2.12 bits per heavy atom. The Balaban J connectivity index is 3.02. The summed E-state index contributed by atoms with van der Waals surface area (Å²) >= 11 is 0. The number of hydrogen-bond donors (Lipinski definition) is 1. The van der Waals surface area contributed by atoms with Gasteiger partial charge in [-0.2, -0.15) is 0 Å². The van der Waals surface area contributed by atoms with Crippen molar-refractivity contribution in [3.8, 4) is 5.75 Å². The van der Waals surface area contributed by atoms with Crippen molar-refractivity contribution in [2.24, 2.45) is 0 Å². The molecule has 0 unspecified atom stereocenters. The second-order valence-corrected chi connectivity index (χ2v) is 4.57. The predicted molar refractivity (Wildman–Crippen MR) is 66.5 cm³/mol. The van der Waals surface area contributed by atoms with E-state index in [1.54, 1.807) is 12.1 Å². The summed E-state index contributed by atoms with van der Waals surface area (Å²) in [6.45, 7) is 4.14. The molecule has 1 rings (SSSR count). The van der Waals surface area contributed by atoms with Crippen LogP contribution in [0.2, 0.25) is 0 Å². The van der Waals surface area contributed by atoms with Gasteiger partial charge in [0.25, 0.3) is 0 Å². The first-order valence-electron chi connectivity index (χ1n) is 5.40. The van der Waals surface area contributed by atoms with E-state index in [0.29, 0.717) is 5.75 Å². The Kier molecular flexibility index (Phi) is 4.07. The average molecular weight is 238 g/mol. The third-order valence-electron chi connectivity index (χ3n) is 2.76. The summed E-state index contributed by atoms with van der Waals surface area (Å²) in [5, 5.41) is 13.9. The molecule has 17 heavy (non-hydrogen) atoms. The van der Waals surface area contributed by atoms with E-state index in [1.165, 1.54) is 13.2 Å². The Morgan fingerprint density at radius 3 is 2.59 bits per heavy atom. The first-order chi connectivity index (χ1) is 7.89. The minimum Gasteiger partial charge on any atom is -0.490 e. The van der Waals surface area contributed by atoms with Crippen LogP contribution in [0.4, 0.5) is 5.69 Å². The van der Waals surface area contributed by atoms with Gasteiger partial charge in [-0.05, 0) is 38.9 Å². The molecule has 1 N–H and O–H groups in total. The Hall–Kier alpha value is -1.62. The molecule has 0 saturated heterocycles. The van der Waals surface area contributed by atoms with E-state index < -0.39 is 4.92 Å². The Labute approximate surface area is 101 Å². The van der Waals surface area contributed by atoms with E-state index in [-0.39, 0.29) is 11.2 Å². The SMILES string of the molecule is CNC(C)(C)Cc1ccc([N+](=O)[O-])c(OC)c1. The maximum atomic E-state index is 10.7. The first kappa shape index (κ1) is 13.4. The predicted octanol–water partition coefficient (Wildman–Crippen LogP) is 2.14. The lowest BCUT2D eigenvalue weighted by atomic mass is 9.95. The summed E-state index contributed by atoms with van der Waals surface area (Å²) in [4.78, 5) is 10.3. The largest absolute Gasteiger partial charge is 0.490 e. The molecule has 94 valence electrons. The molecule has 0 aliphatic heterocycles. The van der Waals surface area contributed by atoms with Crippen LogP contribution < -0.4 is 10.1 Å². The van der Waals surface area contributed by atoms with Crippen LogP contribution in [0.5, 0.6) is 5.75 Å². The highest BCUT2D eigenvalue weighted by molar-refractivity contribution is 5.48. The van der Waals surface area contributed by atoms with Gasteiger partial charge in [-0.3, -0.25) is 10.1 Å². The van der Waals surface area contributed by atoms with Crippen LogP contribution in [0.15, 0.2) is 18.2 Å². The number of likely N-dealkylation sites (N-methyl/N-ethyl adjacent to an activating group) is 1. The van der Waals surface area contributed by atoms with Crippen LogP contribution in [0.1, 0.15) is 19.4 Å². The van der Waals surface area contributed by atoms with Gasteiger partial charge < -0.3 is 10.1 Å². The highest BCUT2D eigenvalue weighted by Gasteiger charge is 2.19. The lowest BCUT2D eigenvalue weighted by molar-refractivity contribution is -0.385. The van der Waals surface area contributed by atoms with E-state index >= 15 is 0 Å². The maximum Gasteiger partial charge on any atom is 0.310 e. The highest BCUT2D eigenvalue weighted by Crippen LogP contribution is 2.28. The Bertz CT molecular complexity index is 416.